The number of carbonyl (C=O) groups excluding carboxylic acids is 3. The zero-order chi connectivity index (χ0) is 39.6. The van der Waals surface area contributed by atoms with Crippen LogP contribution in [0.15, 0.2) is 23.9 Å². The smallest absolute Gasteiger partial charge is 0.355 e. The maximum Gasteiger partial charge on any atom is 0.355 e. The number of ether oxygens (including phenoxy) is 1. The highest BCUT2D eigenvalue weighted by Gasteiger charge is 2.60. The number of tetrazole rings is 1. The first-order valence-electron chi connectivity index (χ1n) is 19.4. The molecule has 1 fully saturated rings. The number of unbranched alkanes of at least 4 members (excludes halogenated alkanes) is 3. The molecule has 1 aliphatic rings. The molecule has 0 spiro atoms. The first kappa shape index (κ1) is 44.9. The Morgan fingerprint density at radius 1 is 1.08 bits per heavy atom. The van der Waals surface area contributed by atoms with E-state index in [0.29, 0.717) is 39.1 Å². The summed E-state index contributed by atoms with van der Waals surface area (Å²) in [5.74, 6) is -0.779. The third kappa shape index (κ3) is 10.8. The van der Waals surface area contributed by atoms with Crippen molar-refractivity contribution in [2.75, 3.05) is 30.8 Å². The Morgan fingerprint density at radius 3 is 2.17 bits per heavy atom. The Balaban J connectivity index is 2.20. The fourth-order valence-electron chi connectivity index (χ4n) is 8.04. The summed E-state index contributed by atoms with van der Waals surface area (Å²) in [4.78, 5) is 45.7. The maximum atomic E-state index is 15.0. The molecule has 12 nitrogen and oxygen atoms in total. The van der Waals surface area contributed by atoms with E-state index in [9.17, 15) is 9.59 Å². The number of aromatic nitrogens is 6. The molecule has 2 aromatic heterocycles. The first-order chi connectivity index (χ1) is 25.0. The lowest BCUT2D eigenvalue weighted by molar-refractivity contribution is -0.166. The Bertz CT molecular complexity index is 1590. The van der Waals surface area contributed by atoms with E-state index in [1.807, 2.05) is 17.7 Å². The van der Waals surface area contributed by atoms with E-state index in [1.54, 1.807) is 22.7 Å². The van der Waals surface area contributed by atoms with E-state index in [2.05, 4.69) is 77.5 Å². The molecule has 0 aliphatic carbocycles. The molecule has 3 heterocycles. The number of hydrogen-bond acceptors (Lipinski definition) is 10. The van der Waals surface area contributed by atoms with Gasteiger partial charge in [0.1, 0.15) is 28.2 Å². The van der Waals surface area contributed by atoms with Crippen molar-refractivity contribution in [1.82, 2.24) is 34.9 Å². The number of likely N-dealkylation sites (tertiary alicyclic amines) is 1. The minimum Gasteiger partial charge on any atom is -0.457 e. The predicted octanol–water partition coefficient (Wildman–Crippen LogP) is 5.92. The van der Waals surface area contributed by atoms with E-state index in [4.69, 9.17) is 14.3 Å². The van der Waals surface area contributed by atoms with Crippen LogP contribution >= 0.6 is 18.6 Å². The molecular formula is C38H66N7O5PSSi. The number of hydrogen-bond donors (Lipinski definition) is 0. The van der Waals surface area contributed by atoms with Crippen molar-refractivity contribution in [3.8, 4) is 0 Å². The van der Waals surface area contributed by atoms with Crippen LogP contribution in [0.1, 0.15) is 117 Å². The summed E-state index contributed by atoms with van der Waals surface area (Å²) in [6, 6.07) is 1.28. The Hall–Kier alpha value is -2.54. The van der Waals surface area contributed by atoms with E-state index in [0.717, 1.165) is 62.7 Å². The quantitative estimate of drug-likeness (QED) is 0.0254. The number of ketones is 1. The molecule has 0 unspecified atom stereocenters. The van der Waals surface area contributed by atoms with Gasteiger partial charge in [0.25, 0.3) is 0 Å². The van der Waals surface area contributed by atoms with Crippen LogP contribution < -0.4 is 0 Å². The van der Waals surface area contributed by atoms with Crippen LogP contribution in [0.2, 0.25) is 0 Å². The summed E-state index contributed by atoms with van der Waals surface area (Å²) in [6.07, 6.45) is 10.1. The molecule has 15 heteroatoms. The summed E-state index contributed by atoms with van der Waals surface area (Å²) in [5, 5.41) is 17.1. The van der Waals surface area contributed by atoms with Gasteiger partial charge in [0.2, 0.25) is 11.1 Å². The van der Waals surface area contributed by atoms with Crippen LogP contribution in [-0.4, -0.2) is 111 Å². The van der Waals surface area contributed by atoms with Gasteiger partial charge < -0.3 is 14.1 Å². The summed E-state index contributed by atoms with van der Waals surface area (Å²) in [5.41, 5.74) is 0.789. The highest BCUT2D eigenvalue weighted by molar-refractivity contribution is 7.99. The van der Waals surface area contributed by atoms with E-state index in [-0.39, 0.29) is 36.1 Å². The van der Waals surface area contributed by atoms with Crippen molar-refractivity contribution >= 4 is 52.2 Å². The first-order valence-corrected chi connectivity index (χ1v) is 23.5. The second-order valence-electron chi connectivity index (χ2n) is 16.0. The summed E-state index contributed by atoms with van der Waals surface area (Å²) >= 11 is 1.52. The van der Waals surface area contributed by atoms with Crippen molar-refractivity contribution in [2.24, 2.45) is 24.3 Å². The van der Waals surface area contributed by atoms with E-state index >= 15 is 4.79 Å². The summed E-state index contributed by atoms with van der Waals surface area (Å²) in [7, 11) is 2.29. The zero-order valence-corrected chi connectivity index (χ0v) is 38.0. The van der Waals surface area contributed by atoms with Crippen molar-refractivity contribution in [3.05, 3.63) is 30.1 Å². The topological polar surface area (TPSA) is 134 Å². The Kier molecular flexibility index (Phi) is 16.8. The predicted molar refractivity (Wildman–Crippen MR) is 220 cm³/mol. The number of thioether (sulfide) groups is 1. The molecule has 0 radical (unpaired) electrons. The van der Waals surface area contributed by atoms with Gasteiger partial charge in [0.05, 0.1) is 24.1 Å². The second kappa shape index (κ2) is 19.9. The van der Waals surface area contributed by atoms with Gasteiger partial charge in [0, 0.05) is 30.8 Å². The van der Waals surface area contributed by atoms with Gasteiger partial charge in [0.15, 0.2) is 5.78 Å². The monoisotopic (exact) mass is 791 g/mol. The maximum absolute atomic E-state index is 15.0. The van der Waals surface area contributed by atoms with Gasteiger partial charge in [-0.25, -0.2) is 9.48 Å². The third-order valence-corrected chi connectivity index (χ3v) is 17.5. The van der Waals surface area contributed by atoms with Crippen LogP contribution in [0.4, 0.5) is 0 Å². The lowest BCUT2D eigenvalue weighted by Crippen LogP contribution is -2.70. The number of rotatable bonds is 23. The number of aryl methyl sites for hydroxylation is 3. The molecule has 0 saturated carbocycles. The molecule has 0 aromatic carbocycles. The van der Waals surface area contributed by atoms with Gasteiger partial charge >= 0.3 is 5.97 Å². The zero-order valence-electron chi connectivity index (χ0n) is 34.3. The van der Waals surface area contributed by atoms with Crippen LogP contribution in [0, 0.1) is 24.2 Å². The molecule has 2 aromatic rings. The molecule has 53 heavy (non-hydrogen) atoms. The van der Waals surface area contributed by atoms with Gasteiger partial charge in [-0.3, -0.25) is 14.3 Å². The average Bonchev–Trinajstić information content (AvgIpc) is 3.70. The average molecular weight is 792 g/mol. The molecule has 1 saturated heterocycles. The van der Waals surface area contributed by atoms with Gasteiger partial charge in [-0.1, -0.05) is 92.1 Å². The van der Waals surface area contributed by atoms with Gasteiger partial charge in [-0.05, 0) is 80.4 Å². The van der Waals surface area contributed by atoms with Crippen molar-refractivity contribution < 1.29 is 23.5 Å². The lowest BCUT2D eigenvalue weighted by atomic mass is 9.59. The highest BCUT2D eigenvalue weighted by Crippen LogP contribution is 2.56. The fraction of sp³-hybridized carbons (Fsp3) is 0.737. The summed E-state index contributed by atoms with van der Waals surface area (Å²) < 4.78 is 15.6. The number of carbonyl (C=O) groups is 3. The molecular weight excluding hydrogens is 726 g/mol. The lowest BCUT2D eigenvalue weighted by Gasteiger charge is -2.57. The van der Waals surface area contributed by atoms with Crippen LogP contribution in [-0.2, 0) is 32.3 Å². The SMILES string of the molecule is C=CCOC(=O)C(N1C(=O)[C@@H]([C@H](C(C)(C)C)C(C)(C)O[SiH3])[C@H]1CC(=O)c1cc(C)n(CCSc2nnnn2C)n1)=P(CCCC)(CCCC)CCCC. The number of nitrogens with zero attached hydrogens (tertiary/aromatic N) is 7. The number of Topliss-reactive ketones (excluding diaryl/α,β-unsaturated/α-hetero) is 1. The van der Waals surface area contributed by atoms with E-state index < -0.39 is 30.4 Å². The van der Waals surface area contributed by atoms with Gasteiger partial charge in [-0.2, -0.15) is 5.10 Å². The molecule has 1 amide bonds. The van der Waals surface area contributed by atoms with Gasteiger partial charge in [-0.15, -0.1) is 5.10 Å². The molecule has 3 atom stereocenters. The minimum atomic E-state index is -2.21. The molecule has 0 N–H and O–H groups in total. The number of esters is 1. The van der Waals surface area contributed by atoms with Crippen LogP contribution in [0.5, 0.6) is 0 Å². The van der Waals surface area contributed by atoms with Crippen LogP contribution in [0.3, 0.4) is 0 Å². The second-order valence-corrected chi connectivity index (χ2v) is 21.5. The highest BCUT2D eigenvalue weighted by atomic mass is 32.2. The Morgan fingerprint density at radius 2 is 1.68 bits per heavy atom. The van der Waals surface area contributed by atoms with Crippen molar-refractivity contribution in [2.45, 2.75) is 131 Å². The van der Waals surface area contributed by atoms with Crippen molar-refractivity contribution in [3.63, 3.8) is 0 Å². The Labute approximate surface area is 325 Å². The largest absolute Gasteiger partial charge is 0.457 e. The molecule has 298 valence electrons. The minimum absolute atomic E-state index is 0.0452. The normalized spacial score (nSPS) is 17.2. The molecule has 3 rings (SSSR count). The van der Waals surface area contributed by atoms with E-state index in [1.165, 1.54) is 11.8 Å². The molecule has 0 bridgehead atoms. The summed E-state index contributed by atoms with van der Waals surface area (Å²) in [6.45, 7) is 21.2. The third-order valence-electron chi connectivity index (χ3n) is 10.6. The number of β-lactam (4-membered cyclic amide) rings is 1. The molecule has 1 aliphatic heterocycles. The number of amides is 1. The fourth-order valence-corrected chi connectivity index (χ4v) is 14.3. The standard InChI is InChI=1S/C38H66N7O5PSSi/c1-12-16-21-51(22-17-13-2,23-18-14-3)34(35(48)49-20-15-4)45-29(31(33(45)47)32(37(6,7)8)38(9,10)50-53)26-30(46)28-25-27(5)44(40-28)19-24-52-36-39-41-42-43(36)11/h15,25,29,31-32H,4,12-14,16-24,26H2,1-3,5-11,53H3/t29-,31-,32-/m1/s1. The van der Waals surface area contributed by atoms with Crippen LogP contribution in [0.25, 0.3) is 0 Å². The van der Waals surface area contributed by atoms with Crippen molar-refractivity contribution in [1.29, 1.82) is 0 Å².